The molecule has 0 N–H and O–H groups in total. The summed E-state index contributed by atoms with van der Waals surface area (Å²) in [7, 11) is 0. The lowest BCUT2D eigenvalue weighted by Crippen LogP contribution is -1.47. The van der Waals surface area contributed by atoms with Crippen molar-refractivity contribution in [2.24, 2.45) is 0 Å². The van der Waals surface area contributed by atoms with E-state index in [0.29, 0.717) is 0 Å². The first kappa shape index (κ1) is 8.07. The summed E-state index contributed by atoms with van der Waals surface area (Å²) in [6.07, 6.45) is 4.36. The third kappa shape index (κ3) is 7.07. The first-order valence-corrected chi connectivity index (χ1v) is 2.86. The van der Waals surface area contributed by atoms with Crippen LogP contribution in [0, 0.1) is 11.8 Å². The maximum atomic E-state index is 4.53. The van der Waals surface area contributed by atoms with Crippen LogP contribution in [0.3, 0.4) is 0 Å². The van der Waals surface area contributed by atoms with Gasteiger partial charge >= 0.3 is 0 Å². The Morgan fingerprint density at radius 3 is 1.11 bits per heavy atom. The molecule has 1 aromatic rings. The van der Waals surface area contributed by atoms with Crippen molar-refractivity contribution in [3.63, 3.8) is 0 Å². The molecular formula is C8H7Cl. The second-order valence-electron chi connectivity index (χ2n) is 1.26. The molecule has 0 atom stereocenters. The van der Waals surface area contributed by atoms with Gasteiger partial charge in [-0.2, -0.15) is 0 Å². The highest BCUT2D eigenvalue weighted by Crippen LogP contribution is 1.79. The maximum absolute atomic E-state index is 4.53. The van der Waals surface area contributed by atoms with Crippen molar-refractivity contribution >= 4 is 11.6 Å². The summed E-state index contributed by atoms with van der Waals surface area (Å²) in [6.45, 7) is 0. The average Bonchev–Trinajstić information content (AvgIpc) is 1.93. The van der Waals surface area contributed by atoms with Crippen molar-refractivity contribution < 1.29 is 0 Å². The molecule has 0 radical (unpaired) electrons. The molecule has 0 bridgehead atoms. The van der Waals surface area contributed by atoms with E-state index < -0.39 is 0 Å². The summed E-state index contributed by atoms with van der Waals surface area (Å²) in [5.41, 5.74) is 0. The summed E-state index contributed by atoms with van der Waals surface area (Å²) < 4.78 is 0. The van der Waals surface area contributed by atoms with E-state index in [9.17, 15) is 0 Å². The van der Waals surface area contributed by atoms with Gasteiger partial charge in [0.2, 0.25) is 0 Å². The molecule has 1 heteroatoms. The molecule has 0 aliphatic heterocycles. The van der Waals surface area contributed by atoms with Gasteiger partial charge in [0.1, 0.15) is 0 Å². The number of rotatable bonds is 0. The Hall–Kier alpha value is -0.930. The number of hydrogen-bond donors (Lipinski definition) is 0. The zero-order valence-corrected chi connectivity index (χ0v) is 5.68. The Balaban J connectivity index is 0.000000187. The van der Waals surface area contributed by atoms with Crippen LogP contribution in [0.25, 0.3) is 0 Å². The lowest BCUT2D eigenvalue weighted by Gasteiger charge is -1.69. The van der Waals surface area contributed by atoms with Gasteiger partial charge in [-0.1, -0.05) is 36.4 Å². The van der Waals surface area contributed by atoms with Crippen molar-refractivity contribution in [1.29, 1.82) is 0 Å². The fourth-order valence-electron chi connectivity index (χ4n) is 0.385. The fourth-order valence-corrected chi connectivity index (χ4v) is 0.385. The monoisotopic (exact) mass is 138 g/mol. The van der Waals surface area contributed by atoms with Crippen LogP contribution in [0.5, 0.6) is 0 Å². The zero-order valence-electron chi connectivity index (χ0n) is 4.92. The minimum absolute atomic E-state index is 1.72. The highest BCUT2D eigenvalue weighted by atomic mass is 35.5. The molecule has 1 aromatic carbocycles. The fraction of sp³-hybridized carbons (Fsp3) is 0. The van der Waals surface area contributed by atoms with Crippen LogP contribution >= 0.6 is 11.6 Å². The third-order valence-electron chi connectivity index (χ3n) is 0.667. The summed E-state index contributed by atoms with van der Waals surface area (Å²) in [4.78, 5) is 0. The highest BCUT2D eigenvalue weighted by molar-refractivity contribution is 6.29. The van der Waals surface area contributed by atoms with E-state index >= 15 is 0 Å². The molecule has 1 rings (SSSR count). The van der Waals surface area contributed by atoms with Gasteiger partial charge in [0.15, 0.2) is 0 Å². The molecule has 0 nitrogen and oxygen atoms in total. The standard InChI is InChI=1S/C6H6.C2HCl/c1-2-4-6-5-3-1;1-2-3/h1-6H;1H. The largest absolute Gasteiger partial charge is 0.103 e. The lowest BCUT2D eigenvalue weighted by molar-refractivity contribution is 1.72. The van der Waals surface area contributed by atoms with E-state index in [1.807, 2.05) is 36.4 Å². The summed E-state index contributed by atoms with van der Waals surface area (Å²) in [5.74, 6) is 0. The molecule has 0 aromatic heterocycles. The minimum atomic E-state index is 1.72. The van der Waals surface area contributed by atoms with E-state index in [-0.39, 0.29) is 0 Å². The number of hydrogen-bond acceptors (Lipinski definition) is 0. The summed E-state index contributed by atoms with van der Waals surface area (Å²) >= 11 is 4.53. The first-order chi connectivity index (χ1) is 4.41. The van der Waals surface area contributed by atoms with Gasteiger partial charge in [0.05, 0.1) is 0 Å². The van der Waals surface area contributed by atoms with Crippen molar-refractivity contribution in [1.82, 2.24) is 0 Å². The van der Waals surface area contributed by atoms with Crippen molar-refractivity contribution in [3.8, 4) is 11.8 Å². The molecule has 0 saturated heterocycles. The van der Waals surface area contributed by atoms with Crippen LogP contribution in [0.15, 0.2) is 36.4 Å². The van der Waals surface area contributed by atoms with Gasteiger partial charge < -0.3 is 0 Å². The van der Waals surface area contributed by atoms with Crippen molar-refractivity contribution in [2.75, 3.05) is 0 Å². The van der Waals surface area contributed by atoms with Crippen LogP contribution in [-0.2, 0) is 0 Å². The van der Waals surface area contributed by atoms with Gasteiger partial charge in [0.25, 0.3) is 0 Å². The normalized spacial score (nSPS) is 6.22. The molecule has 0 fully saturated rings. The molecule has 0 aliphatic rings. The molecule has 0 saturated carbocycles. The van der Waals surface area contributed by atoms with E-state index in [0.717, 1.165) is 0 Å². The Morgan fingerprint density at radius 1 is 0.889 bits per heavy atom. The number of benzene rings is 1. The van der Waals surface area contributed by atoms with Gasteiger partial charge in [-0.15, -0.1) is 6.42 Å². The second-order valence-corrected chi connectivity index (χ2v) is 1.48. The number of terminal acetylenes is 1. The minimum Gasteiger partial charge on any atom is -0.103 e. The Labute approximate surface area is 60.5 Å². The average molecular weight is 139 g/mol. The highest BCUT2D eigenvalue weighted by Gasteiger charge is 1.57. The van der Waals surface area contributed by atoms with Crippen molar-refractivity contribution in [3.05, 3.63) is 36.4 Å². The smallest absolute Gasteiger partial charge is 0.000627 e. The molecule has 0 unspecified atom stereocenters. The van der Waals surface area contributed by atoms with Gasteiger partial charge in [-0.3, -0.25) is 0 Å². The molecule has 0 heterocycles. The molecule has 0 amide bonds. The molecule has 9 heavy (non-hydrogen) atoms. The van der Waals surface area contributed by atoms with Crippen LogP contribution in [0.4, 0.5) is 0 Å². The second kappa shape index (κ2) is 7.07. The van der Waals surface area contributed by atoms with Gasteiger partial charge in [-0.25, -0.2) is 0 Å². The Morgan fingerprint density at radius 2 is 1.00 bits per heavy atom. The Bertz CT molecular complexity index is 135. The lowest BCUT2D eigenvalue weighted by atomic mass is 10.4. The van der Waals surface area contributed by atoms with E-state index in [2.05, 4.69) is 18.0 Å². The molecule has 0 spiro atoms. The summed E-state index contributed by atoms with van der Waals surface area (Å²) in [6, 6.07) is 12.0. The quantitative estimate of drug-likeness (QED) is 0.484. The number of halogens is 1. The van der Waals surface area contributed by atoms with E-state index in [4.69, 9.17) is 0 Å². The SMILES string of the molecule is C#CCl.c1ccccc1. The van der Waals surface area contributed by atoms with Crippen LogP contribution < -0.4 is 0 Å². The van der Waals surface area contributed by atoms with E-state index in [1.54, 1.807) is 5.38 Å². The molecular weight excluding hydrogens is 132 g/mol. The molecule has 0 aliphatic carbocycles. The van der Waals surface area contributed by atoms with E-state index in [1.165, 1.54) is 0 Å². The first-order valence-electron chi connectivity index (χ1n) is 2.48. The molecule has 46 valence electrons. The van der Waals surface area contributed by atoms with Crippen molar-refractivity contribution in [2.45, 2.75) is 0 Å². The predicted molar refractivity (Wildman–Crippen MR) is 41.1 cm³/mol. The maximum Gasteiger partial charge on any atom is 0.000627 e. The van der Waals surface area contributed by atoms with Crippen LogP contribution in [0.1, 0.15) is 0 Å². The Kier molecular flexibility index (Phi) is 6.34. The van der Waals surface area contributed by atoms with Crippen LogP contribution in [-0.4, -0.2) is 0 Å². The van der Waals surface area contributed by atoms with Gasteiger partial charge in [-0.05, 0) is 11.6 Å². The topological polar surface area (TPSA) is 0 Å². The van der Waals surface area contributed by atoms with Crippen LogP contribution in [0.2, 0.25) is 0 Å². The third-order valence-corrected chi connectivity index (χ3v) is 0.667. The predicted octanol–water partition coefficient (Wildman–Crippen LogP) is 2.50. The van der Waals surface area contributed by atoms with Gasteiger partial charge in [0, 0.05) is 5.38 Å². The zero-order chi connectivity index (χ0) is 6.95. The summed E-state index contributed by atoms with van der Waals surface area (Å²) in [5, 5.41) is 1.72.